The topological polar surface area (TPSA) is 88.2 Å². The maximum atomic E-state index is 11.4. The number of nitrogens with one attached hydrogen (secondary N) is 1. The number of nitrogen functional groups attached to an aromatic ring is 1. The summed E-state index contributed by atoms with van der Waals surface area (Å²) in [5.41, 5.74) is 10.8. The van der Waals surface area contributed by atoms with Gasteiger partial charge in [-0.2, -0.15) is 0 Å². The summed E-state index contributed by atoms with van der Waals surface area (Å²) in [5, 5.41) is 13.4. The highest BCUT2D eigenvalue weighted by Crippen LogP contribution is 2.32. The standard InChI is InChI=1S/C21H17N3O2S/c1-12-2-8-18-19(10-12)27-20(24-18)13-3-6-15(7-4-13)23-17-9-5-14(22)11-16(17)21(25)26/h2-11,23H,22H2,1H3,(H,25,26). The summed E-state index contributed by atoms with van der Waals surface area (Å²) >= 11 is 1.66. The zero-order valence-electron chi connectivity index (χ0n) is 14.6. The fourth-order valence-electron chi connectivity index (χ4n) is 2.85. The second-order valence-corrected chi connectivity index (χ2v) is 7.33. The molecule has 0 saturated carbocycles. The van der Waals surface area contributed by atoms with E-state index in [2.05, 4.69) is 24.4 Å². The molecule has 0 aliphatic carbocycles. The van der Waals surface area contributed by atoms with Crippen molar-refractivity contribution >= 4 is 44.6 Å². The quantitative estimate of drug-likeness (QED) is 0.422. The Kier molecular flexibility index (Phi) is 4.25. The van der Waals surface area contributed by atoms with Crippen molar-refractivity contribution in [3.05, 3.63) is 71.8 Å². The van der Waals surface area contributed by atoms with Crippen LogP contribution in [0.1, 0.15) is 15.9 Å². The van der Waals surface area contributed by atoms with E-state index in [0.717, 1.165) is 21.8 Å². The highest BCUT2D eigenvalue weighted by molar-refractivity contribution is 7.21. The Morgan fingerprint density at radius 1 is 1.07 bits per heavy atom. The number of aryl methyl sites for hydroxylation is 1. The first-order chi connectivity index (χ1) is 13.0. The molecule has 5 nitrogen and oxygen atoms in total. The molecule has 0 aliphatic rings. The summed E-state index contributed by atoms with van der Waals surface area (Å²) in [6.07, 6.45) is 0. The van der Waals surface area contributed by atoms with E-state index in [-0.39, 0.29) is 5.56 Å². The number of carboxylic acids is 1. The van der Waals surface area contributed by atoms with Crippen LogP contribution < -0.4 is 11.1 Å². The van der Waals surface area contributed by atoms with Gasteiger partial charge < -0.3 is 16.2 Å². The number of carbonyl (C=O) groups is 1. The third kappa shape index (κ3) is 3.47. The van der Waals surface area contributed by atoms with E-state index in [0.29, 0.717) is 11.4 Å². The lowest BCUT2D eigenvalue weighted by atomic mass is 10.1. The van der Waals surface area contributed by atoms with Crippen molar-refractivity contribution in [3.8, 4) is 10.6 Å². The summed E-state index contributed by atoms with van der Waals surface area (Å²) in [6.45, 7) is 2.07. The van der Waals surface area contributed by atoms with Gasteiger partial charge in [0.25, 0.3) is 0 Å². The molecule has 0 atom stereocenters. The van der Waals surface area contributed by atoms with Crippen molar-refractivity contribution in [2.75, 3.05) is 11.1 Å². The van der Waals surface area contributed by atoms with Crippen LogP contribution >= 0.6 is 11.3 Å². The third-order valence-corrected chi connectivity index (χ3v) is 5.30. The minimum atomic E-state index is -1.02. The molecule has 4 rings (SSSR count). The summed E-state index contributed by atoms with van der Waals surface area (Å²) < 4.78 is 1.17. The second-order valence-electron chi connectivity index (χ2n) is 6.30. The Morgan fingerprint density at radius 2 is 1.85 bits per heavy atom. The summed E-state index contributed by atoms with van der Waals surface area (Å²) in [6, 6.07) is 18.8. The van der Waals surface area contributed by atoms with Crippen molar-refractivity contribution in [2.45, 2.75) is 6.92 Å². The predicted molar refractivity (Wildman–Crippen MR) is 111 cm³/mol. The van der Waals surface area contributed by atoms with Crippen LogP contribution in [0.2, 0.25) is 0 Å². The molecule has 1 aromatic heterocycles. The molecule has 0 spiro atoms. The number of anilines is 3. The lowest BCUT2D eigenvalue weighted by Crippen LogP contribution is -2.03. The van der Waals surface area contributed by atoms with Crippen LogP contribution in [-0.2, 0) is 0 Å². The number of aromatic nitrogens is 1. The minimum Gasteiger partial charge on any atom is -0.478 e. The fraction of sp³-hybridized carbons (Fsp3) is 0.0476. The van der Waals surface area contributed by atoms with Gasteiger partial charge in [0.2, 0.25) is 0 Å². The van der Waals surface area contributed by atoms with E-state index in [1.54, 1.807) is 23.5 Å². The van der Waals surface area contributed by atoms with Gasteiger partial charge in [-0.05, 0) is 67.1 Å². The molecular formula is C21H17N3O2S. The molecule has 0 radical (unpaired) electrons. The number of nitrogens with zero attached hydrogens (tertiary/aromatic N) is 1. The van der Waals surface area contributed by atoms with Gasteiger partial charge in [0, 0.05) is 16.9 Å². The van der Waals surface area contributed by atoms with Crippen LogP contribution in [0, 0.1) is 6.92 Å². The summed E-state index contributed by atoms with van der Waals surface area (Å²) in [4.78, 5) is 16.1. The molecule has 0 saturated heterocycles. The van der Waals surface area contributed by atoms with Crippen molar-refractivity contribution in [2.24, 2.45) is 0 Å². The van der Waals surface area contributed by atoms with Crippen molar-refractivity contribution in [3.63, 3.8) is 0 Å². The van der Waals surface area contributed by atoms with Crippen LogP contribution in [0.15, 0.2) is 60.7 Å². The lowest BCUT2D eigenvalue weighted by Gasteiger charge is -2.10. The monoisotopic (exact) mass is 375 g/mol. The van der Waals surface area contributed by atoms with E-state index in [4.69, 9.17) is 10.7 Å². The number of hydrogen-bond donors (Lipinski definition) is 3. The average molecular weight is 375 g/mol. The molecule has 0 aliphatic heterocycles. The smallest absolute Gasteiger partial charge is 0.337 e. The highest BCUT2D eigenvalue weighted by Gasteiger charge is 2.11. The van der Waals surface area contributed by atoms with E-state index in [1.165, 1.54) is 16.3 Å². The van der Waals surface area contributed by atoms with Crippen molar-refractivity contribution in [1.82, 2.24) is 4.98 Å². The molecule has 3 aromatic carbocycles. The maximum Gasteiger partial charge on any atom is 0.337 e. The third-order valence-electron chi connectivity index (χ3n) is 4.23. The SMILES string of the molecule is Cc1ccc2nc(-c3ccc(Nc4ccc(N)cc4C(=O)O)cc3)sc2c1. The molecule has 27 heavy (non-hydrogen) atoms. The number of fused-ring (bicyclic) bond motifs is 1. The first-order valence-electron chi connectivity index (χ1n) is 8.37. The highest BCUT2D eigenvalue weighted by atomic mass is 32.1. The summed E-state index contributed by atoms with van der Waals surface area (Å²) in [7, 11) is 0. The van der Waals surface area contributed by atoms with Crippen LogP contribution in [0.25, 0.3) is 20.8 Å². The number of hydrogen-bond acceptors (Lipinski definition) is 5. The van der Waals surface area contributed by atoms with Gasteiger partial charge in [0.1, 0.15) is 5.01 Å². The minimum absolute atomic E-state index is 0.139. The van der Waals surface area contributed by atoms with E-state index in [9.17, 15) is 9.90 Å². The fourth-order valence-corrected chi connectivity index (χ4v) is 3.92. The Labute approximate surface area is 160 Å². The predicted octanol–water partition coefficient (Wildman–Crippen LogP) is 5.30. The number of nitrogens with two attached hydrogens (primary N) is 1. The van der Waals surface area contributed by atoms with Crippen LogP contribution in [-0.4, -0.2) is 16.1 Å². The normalized spacial score (nSPS) is 10.9. The Morgan fingerprint density at radius 3 is 2.59 bits per heavy atom. The zero-order valence-corrected chi connectivity index (χ0v) is 15.4. The Bertz CT molecular complexity index is 1150. The molecule has 0 unspecified atom stereocenters. The number of aromatic carboxylic acids is 1. The van der Waals surface area contributed by atoms with Gasteiger partial charge in [0.05, 0.1) is 21.5 Å². The van der Waals surface area contributed by atoms with E-state index < -0.39 is 5.97 Å². The van der Waals surface area contributed by atoms with E-state index in [1.807, 2.05) is 30.3 Å². The zero-order chi connectivity index (χ0) is 19.0. The first-order valence-corrected chi connectivity index (χ1v) is 9.19. The average Bonchev–Trinajstić information content (AvgIpc) is 3.06. The Hall–Kier alpha value is -3.38. The lowest BCUT2D eigenvalue weighted by molar-refractivity contribution is 0.0698. The van der Waals surface area contributed by atoms with Gasteiger partial charge in [-0.15, -0.1) is 11.3 Å². The Balaban J connectivity index is 1.61. The molecule has 0 amide bonds. The van der Waals surface area contributed by atoms with Gasteiger partial charge >= 0.3 is 5.97 Å². The van der Waals surface area contributed by atoms with Gasteiger partial charge in [-0.3, -0.25) is 0 Å². The largest absolute Gasteiger partial charge is 0.478 e. The first kappa shape index (κ1) is 17.1. The maximum absolute atomic E-state index is 11.4. The number of benzene rings is 3. The second kappa shape index (κ2) is 6.74. The van der Waals surface area contributed by atoms with Crippen LogP contribution in [0.4, 0.5) is 17.1 Å². The molecular weight excluding hydrogens is 358 g/mol. The molecule has 6 heteroatoms. The molecule has 134 valence electrons. The molecule has 0 fully saturated rings. The van der Waals surface area contributed by atoms with Gasteiger partial charge in [0.15, 0.2) is 0 Å². The van der Waals surface area contributed by atoms with Gasteiger partial charge in [-0.25, -0.2) is 9.78 Å². The summed E-state index contributed by atoms with van der Waals surface area (Å²) in [5.74, 6) is -1.02. The molecule has 4 aromatic rings. The van der Waals surface area contributed by atoms with E-state index >= 15 is 0 Å². The van der Waals surface area contributed by atoms with Crippen molar-refractivity contribution < 1.29 is 9.90 Å². The van der Waals surface area contributed by atoms with Crippen molar-refractivity contribution in [1.29, 1.82) is 0 Å². The van der Waals surface area contributed by atoms with Crippen LogP contribution in [0.3, 0.4) is 0 Å². The van der Waals surface area contributed by atoms with Crippen LogP contribution in [0.5, 0.6) is 0 Å². The number of carboxylic acid groups (broad SMARTS) is 1. The molecule has 0 bridgehead atoms. The molecule has 1 heterocycles. The number of thiazole rings is 1. The number of rotatable bonds is 4. The molecule has 4 N–H and O–H groups in total. The van der Waals surface area contributed by atoms with Gasteiger partial charge in [-0.1, -0.05) is 6.07 Å².